The Morgan fingerprint density at radius 2 is 1.86 bits per heavy atom. The lowest BCUT2D eigenvalue weighted by Crippen LogP contribution is -2.20. The Morgan fingerprint density at radius 3 is 2.55 bits per heavy atom. The third-order valence-electron chi connectivity index (χ3n) is 4.21. The fraction of sp³-hybridized carbons (Fsp3) is 0.190. The SMILES string of the molecule is Cc1csc(NC(=O)c2ccc(CNc3ccccc3C)cc2NC(=O)CO)n1. The van der Waals surface area contributed by atoms with Crippen molar-refractivity contribution in [2.24, 2.45) is 0 Å². The zero-order chi connectivity index (χ0) is 20.8. The van der Waals surface area contributed by atoms with E-state index in [9.17, 15) is 9.59 Å². The van der Waals surface area contributed by atoms with E-state index >= 15 is 0 Å². The van der Waals surface area contributed by atoms with Gasteiger partial charge in [-0.2, -0.15) is 0 Å². The predicted molar refractivity (Wildman–Crippen MR) is 115 cm³/mol. The molecule has 4 N–H and O–H groups in total. The fourth-order valence-electron chi connectivity index (χ4n) is 2.74. The molecule has 0 aliphatic carbocycles. The van der Waals surface area contributed by atoms with E-state index in [-0.39, 0.29) is 5.91 Å². The van der Waals surface area contributed by atoms with E-state index in [1.165, 1.54) is 11.3 Å². The first-order valence-corrected chi connectivity index (χ1v) is 9.91. The summed E-state index contributed by atoms with van der Waals surface area (Å²) < 4.78 is 0. The van der Waals surface area contributed by atoms with Crippen LogP contribution in [-0.4, -0.2) is 28.5 Å². The molecular weight excluding hydrogens is 388 g/mol. The molecule has 1 aromatic heterocycles. The summed E-state index contributed by atoms with van der Waals surface area (Å²) in [5.74, 6) is -0.973. The van der Waals surface area contributed by atoms with E-state index in [2.05, 4.69) is 20.9 Å². The van der Waals surface area contributed by atoms with Crippen LogP contribution in [0.15, 0.2) is 47.8 Å². The highest BCUT2D eigenvalue weighted by atomic mass is 32.1. The number of carbonyl (C=O) groups is 2. The van der Waals surface area contributed by atoms with Crippen LogP contribution in [0.3, 0.4) is 0 Å². The number of amides is 2. The quantitative estimate of drug-likeness (QED) is 0.477. The van der Waals surface area contributed by atoms with Crippen molar-refractivity contribution in [3.05, 3.63) is 70.2 Å². The number of aliphatic hydroxyl groups is 1. The van der Waals surface area contributed by atoms with Crippen molar-refractivity contribution in [3.8, 4) is 0 Å². The van der Waals surface area contributed by atoms with Crippen molar-refractivity contribution >= 4 is 39.7 Å². The minimum Gasteiger partial charge on any atom is -0.387 e. The molecule has 3 aromatic rings. The van der Waals surface area contributed by atoms with Crippen LogP contribution in [0.4, 0.5) is 16.5 Å². The molecule has 1 heterocycles. The number of thiazole rings is 1. The number of anilines is 3. The minimum absolute atomic E-state index is 0.291. The number of hydrogen-bond donors (Lipinski definition) is 4. The molecule has 8 heteroatoms. The van der Waals surface area contributed by atoms with Gasteiger partial charge in [-0.3, -0.25) is 14.9 Å². The number of hydrogen-bond acceptors (Lipinski definition) is 6. The van der Waals surface area contributed by atoms with Gasteiger partial charge in [0.1, 0.15) is 6.61 Å². The van der Waals surface area contributed by atoms with Crippen LogP contribution in [0, 0.1) is 13.8 Å². The van der Waals surface area contributed by atoms with E-state index in [0.717, 1.165) is 22.5 Å². The number of para-hydroxylation sites is 1. The summed E-state index contributed by atoms with van der Waals surface area (Å²) in [6.07, 6.45) is 0. The third-order valence-corrected chi connectivity index (χ3v) is 5.09. The maximum atomic E-state index is 12.7. The molecule has 0 atom stereocenters. The molecule has 150 valence electrons. The molecule has 0 unspecified atom stereocenters. The lowest BCUT2D eigenvalue weighted by atomic mass is 10.1. The molecule has 29 heavy (non-hydrogen) atoms. The molecule has 2 aromatic carbocycles. The summed E-state index contributed by atoms with van der Waals surface area (Å²) in [5, 5.41) is 20.1. The number of aliphatic hydroxyl groups excluding tert-OH is 1. The highest BCUT2D eigenvalue weighted by Gasteiger charge is 2.16. The van der Waals surface area contributed by atoms with Gasteiger partial charge in [-0.15, -0.1) is 11.3 Å². The topological polar surface area (TPSA) is 103 Å². The molecule has 0 fully saturated rings. The first-order chi connectivity index (χ1) is 14.0. The average Bonchev–Trinajstić information content (AvgIpc) is 3.11. The van der Waals surface area contributed by atoms with Crippen LogP contribution < -0.4 is 16.0 Å². The molecule has 0 aliphatic rings. The zero-order valence-corrected chi connectivity index (χ0v) is 17.0. The number of aromatic nitrogens is 1. The summed E-state index contributed by atoms with van der Waals surface area (Å²) in [4.78, 5) is 28.6. The Hall–Kier alpha value is -3.23. The van der Waals surface area contributed by atoms with Crippen LogP contribution in [0.2, 0.25) is 0 Å². The Balaban J connectivity index is 1.81. The Labute approximate surface area is 172 Å². The van der Waals surface area contributed by atoms with Crippen LogP contribution in [0.25, 0.3) is 0 Å². The first kappa shape index (κ1) is 20.5. The van der Waals surface area contributed by atoms with Gasteiger partial charge in [-0.05, 0) is 43.2 Å². The second-order valence-electron chi connectivity index (χ2n) is 6.50. The van der Waals surface area contributed by atoms with Crippen LogP contribution in [0.5, 0.6) is 0 Å². The summed E-state index contributed by atoms with van der Waals surface area (Å²) in [6, 6.07) is 13.1. The second-order valence-corrected chi connectivity index (χ2v) is 7.36. The lowest BCUT2D eigenvalue weighted by molar-refractivity contribution is -0.118. The predicted octanol–water partition coefficient (Wildman–Crippen LogP) is 3.56. The molecule has 3 rings (SSSR count). The smallest absolute Gasteiger partial charge is 0.259 e. The normalized spacial score (nSPS) is 10.4. The summed E-state index contributed by atoms with van der Waals surface area (Å²) >= 11 is 1.33. The monoisotopic (exact) mass is 410 g/mol. The average molecular weight is 410 g/mol. The van der Waals surface area contributed by atoms with Crippen LogP contribution in [-0.2, 0) is 11.3 Å². The maximum absolute atomic E-state index is 12.7. The first-order valence-electron chi connectivity index (χ1n) is 9.03. The molecule has 2 amide bonds. The number of nitrogens with zero attached hydrogens (tertiary/aromatic N) is 1. The molecule has 0 aliphatic heterocycles. The minimum atomic E-state index is -0.668. The van der Waals surface area contributed by atoms with Crippen molar-refractivity contribution in [3.63, 3.8) is 0 Å². The van der Waals surface area contributed by atoms with Gasteiger partial charge in [0, 0.05) is 17.6 Å². The molecular formula is C21H22N4O3S. The van der Waals surface area contributed by atoms with Gasteiger partial charge in [0.15, 0.2) is 5.13 Å². The van der Waals surface area contributed by atoms with Gasteiger partial charge >= 0.3 is 0 Å². The van der Waals surface area contributed by atoms with Gasteiger partial charge in [-0.1, -0.05) is 24.3 Å². The largest absolute Gasteiger partial charge is 0.387 e. The second kappa shape index (κ2) is 9.31. The lowest BCUT2D eigenvalue weighted by Gasteiger charge is -2.14. The van der Waals surface area contributed by atoms with Crippen molar-refractivity contribution in [2.75, 3.05) is 22.6 Å². The standard InChI is InChI=1S/C21H22N4O3S/c1-13-5-3-4-6-17(13)22-10-15-7-8-16(18(9-15)24-19(27)11-26)20(28)25-21-23-14(2)12-29-21/h3-9,12,22,26H,10-11H2,1-2H3,(H,24,27)(H,23,25,28). The Morgan fingerprint density at radius 1 is 1.07 bits per heavy atom. The molecule has 0 saturated carbocycles. The van der Waals surface area contributed by atoms with Crippen molar-refractivity contribution < 1.29 is 14.7 Å². The number of nitrogens with one attached hydrogen (secondary N) is 3. The number of benzene rings is 2. The Bertz CT molecular complexity index is 1030. The molecule has 0 spiro atoms. The van der Waals surface area contributed by atoms with Gasteiger partial charge in [0.05, 0.1) is 16.9 Å². The Kier molecular flexibility index (Phi) is 6.58. The molecule has 7 nitrogen and oxygen atoms in total. The molecule has 0 bridgehead atoms. The van der Waals surface area contributed by atoms with Crippen molar-refractivity contribution in [1.29, 1.82) is 0 Å². The third kappa shape index (κ3) is 5.40. The van der Waals surface area contributed by atoms with Crippen LogP contribution in [0.1, 0.15) is 27.2 Å². The highest BCUT2D eigenvalue weighted by Crippen LogP contribution is 2.23. The van der Waals surface area contributed by atoms with Gasteiger partial charge in [0.25, 0.3) is 5.91 Å². The van der Waals surface area contributed by atoms with Crippen molar-refractivity contribution in [1.82, 2.24) is 4.98 Å². The van der Waals surface area contributed by atoms with E-state index in [0.29, 0.717) is 22.9 Å². The maximum Gasteiger partial charge on any atom is 0.259 e. The van der Waals surface area contributed by atoms with Crippen molar-refractivity contribution in [2.45, 2.75) is 20.4 Å². The summed E-state index contributed by atoms with van der Waals surface area (Å²) in [5.41, 5.74) is 4.45. The number of rotatable bonds is 7. The van der Waals surface area contributed by atoms with E-state index in [4.69, 9.17) is 5.11 Å². The zero-order valence-electron chi connectivity index (χ0n) is 16.2. The summed E-state index contributed by atoms with van der Waals surface area (Å²) in [6.45, 7) is 3.71. The van der Waals surface area contributed by atoms with Crippen LogP contribution >= 0.6 is 11.3 Å². The van der Waals surface area contributed by atoms with E-state index < -0.39 is 12.5 Å². The van der Waals surface area contributed by atoms with E-state index in [1.807, 2.05) is 49.6 Å². The van der Waals surface area contributed by atoms with Gasteiger partial charge < -0.3 is 15.7 Å². The number of carbonyl (C=O) groups excluding carboxylic acids is 2. The summed E-state index contributed by atoms with van der Waals surface area (Å²) in [7, 11) is 0. The van der Waals surface area contributed by atoms with Gasteiger partial charge in [0.2, 0.25) is 5.91 Å². The molecule has 0 radical (unpaired) electrons. The molecule has 0 saturated heterocycles. The van der Waals surface area contributed by atoms with Gasteiger partial charge in [-0.25, -0.2) is 4.98 Å². The fourth-order valence-corrected chi connectivity index (χ4v) is 3.42. The van der Waals surface area contributed by atoms with E-state index in [1.54, 1.807) is 12.1 Å². The highest BCUT2D eigenvalue weighted by molar-refractivity contribution is 7.13. The number of aryl methyl sites for hydroxylation is 2.